The second-order valence-corrected chi connectivity index (χ2v) is 5.91. The molecule has 18 heavy (non-hydrogen) atoms. The van der Waals surface area contributed by atoms with E-state index in [0.717, 1.165) is 0 Å². The van der Waals surface area contributed by atoms with Gasteiger partial charge in [-0.05, 0) is 19.1 Å². The number of benzene rings is 1. The number of carbonyl (C=O) groups is 1. The third kappa shape index (κ3) is 3.23. The predicted octanol–water partition coefficient (Wildman–Crippen LogP) is 1.90. The Morgan fingerprint density at radius 2 is 2.17 bits per heavy atom. The Morgan fingerprint density at radius 1 is 1.50 bits per heavy atom. The summed E-state index contributed by atoms with van der Waals surface area (Å²) in [6, 6.07) is 6.54. The highest BCUT2D eigenvalue weighted by Crippen LogP contribution is 2.24. The van der Waals surface area contributed by atoms with E-state index in [1.807, 2.05) is 0 Å². The molecular formula is C13H16FNO2S. The van der Waals surface area contributed by atoms with Crippen LogP contribution in [0, 0.1) is 5.82 Å². The summed E-state index contributed by atoms with van der Waals surface area (Å²) in [5, 5.41) is 9.52. The Morgan fingerprint density at radius 3 is 2.78 bits per heavy atom. The Balaban J connectivity index is 1.73. The van der Waals surface area contributed by atoms with Gasteiger partial charge in [-0.2, -0.15) is 0 Å². The van der Waals surface area contributed by atoms with Crippen molar-refractivity contribution in [3.8, 4) is 0 Å². The molecule has 98 valence electrons. The molecule has 1 aliphatic rings. The number of β-amino-alcohol motifs (C(OH)–C–C–N with tert-alkyl or cyclic N) is 1. The zero-order valence-corrected chi connectivity index (χ0v) is 11.0. The zero-order valence-electron chi connectivity index (χ0n) is 10.2. The molecule has 1 fully saturated rings. The first-order valence-electron chi connectivity index (χ1n) is 5.85. The summed E-state index contributed by atoms with van der Waals surface area (Å²) in [5.74, 6) is 0.325. The van der Waals surface area contributed by atoms with Crippen LogP contribution < -0.4 is 0 Å². The van der Waals surface area contributed by atoms with Crippen LogP contribution in [0.5, 0.6) is 0 Å². The lowest BCUT2D eigenvalue weighted by molar-refractivity contribution is -0.151. The molecule has 1 aliphatic heterocycles. The topological polar surface area (TPSA) is 40.5 Å². The van der Waals surface area contributed by atoms with Gasteiger partial charge in [-0.3, -0.25) is 4.79 Å². The first-order valence-corrected chi connectivity index (χ1v) is 6.84. The molecule has 1 heterocycles. The maximum absolute atomic E-state index is 13.3. The molecular weight excluding hydrogens is 253 g/mol. The normalized spacial score (nSPS) is 17.4. The van der Waals surface area contributed by atoms with Gasteiger partial charge < -0.3 is 10.0 Å². The van der Waals surface area contributed by atoms with Gasteiger partial charge in [0.1, 0.15) is 5.82 Å². The summed E-state index contributed by atoms with van der Waals surface area (Å²) in [6.45, 7) is 2.51. The quantitative estimate of drug-likeness (QED) is 0.849. The molecule has 0 spiro atoms. The first kappa shape index (κ1) is 13.4. The highest BCUT2D eigenvalue weighted by atomic mass is 32.2. The minimum Gasteiger partial charge on any atom is -0.386 e. The summed E-state index contributed by atoms with van der Waals surface area (Å²) in [5.41, 5.74) is -0.728. The Labute approximate surface area is 110 Å². The molecule has 0 radical (unpaired) electrons. The lowest BCUT2D eigenvalue weighted by atomic mass is 9.97. The summed E-state index contributed by atoms with van der Waals surface area (Å²) in [6.07, 6.45) is 0.370. The van der Waals surface area contributed by atoms with Gasteiger partial charge in [-0.1, -0.05) is 12.1 Å². The molecule has 2 rings (SSSR count). The van der Waals surface area contributed by atoms with Gasteiger partial charge in [-0.25, -0.2) is 4.39 Å². The van der Waals surface area contributed by atoms with Gasteiger partial charge in [0.05, 0.1) is 18.7 Å². The summed E-state index contributed by atoms with van der Waals surface area (Å²) in [7, 11) is 0. The molecule has 0 aliphatic carbocycles. The molecule has 0 aromatic heterocycles. The molecule has 1 saturated heterocycles. The molecule has 1 N–H and O–H groups in total. The summed E-state index contributed by atoms with van der Waals surface area (Å²) < 4.78 is 13.3. The molecule has 5 heteroatoms. The Hall–Kier alpha value is -1.07. The fourth-order valence-corrected chi connectivity index (χ4v) is 2.80. The van der Waals surface area contributed by atoms with Crippen molar-refractivity contribution in [3.63, 3.8) is 0 Å². The van der Waals surface area contributed by atoms with Crippen molar-refractivity contribution in [1.82, 2.24) is 4.90 Å². The third-order valence-corrected chi connectivity index (χ3v) is 3.88. The molecule has 3 nitrogen and oxygen atoms in total. The van der Waals surface area contributed by atoms with Crippen LogP contribution >= 0.6 is 11.8 Å². The van der Waals surface area contributed by atoms with Crippen LogP contribution in [0.1, 0.15) is 13.3 Å². The van der Waals surface area contributed by atoms with Gasteiger partial charge in [0.15, 0.2) is 0 Å². The van der Waals surface area contributed by atoms with E-state index in [2.05, 4.69) is 0 Å². The highest BCUT2D eigenvalue weighted by molar-refractivity contribution is 7.99. The molecule has 0 atom stereocenters. The van der Waals surface area contributed by atoms with Gasteiger partial charge >= 0.3 is 0 Å². The van der Waals surface area contributed by atoms with E-state index in [-0.39, 0.29) is 11.7 Å². The number of likely N-dealkylation sites (tertiary alicyclic amines) is 1. The number of amides is 1. The third-order valence-electron chi connectivity index (χ3n) is 2.83. The van der Waals surface area contributed by atoms with Crippen molar-refractivity contribution in [3.05, 3.63) is 30.1 Å². The molecule has 0 bridgehead atoms. The largest absolute Gasteiger partial charge is 0.386 e. The van der Waals surface area contributed by atoms with Crippen LogP contribution in [0.2, 0.25) is 0 Å². The molecule has 0 unspecified atom stereocenters. The van der Waals surface area contributed by atoms with E-state index < -0.39 is 5.60 Å². The van der Waals surface area contributed by atoms with Crippen molar-refractivity contribution >= 4 is 17.7 Å². The SMILES string of the molecule is CC1(O)CN(C(=O)CCSc2ccccc2F)C1. The first-order chi connectivity index (χ1) is 8.48. The van der Waals surface area contributed by atoms with Crippen LogP contribution in [-0.4, -0.2) is 40.4 Å². The second kappa shape index (κ2) is 5.28. The number of thioether (sulfide) groups is 1. The fourth-order valence-electron chi connectivity index (χ4n) is 1.92. The predicted molar refractivity (Wildman–Crippen MR) is 68.9 cm³/mol. The van der Waals surface area contributed by atoms with Gasteiger partial charge in [0, 0.05) is 17.1 Å². The minimum atomic E-state index is -0.728. The standard InChI is InChI=1S/C13H16FNO2S/c1-13(17)8-15(9-13)12(16)6-7-18-11-5-3-2-4-10(11)14/h2-5,17H,6-9H2,1H3. The summed E-state index contributed by atoms with van der Waals surface area (Å²) >= 11 is 1.34. The van der Waals surface area contributed by atoms with E-state index in [1.165, 1.54) is 17.8 Å². The molecule has 1 aromatic rings. The number of rotatable bonds is 4. The van der Waals surface area contributed by atoms with E-state index in [4.69, 9.17) is 0 Å². The Kier molecular flexibility index (Phi) is 3.92. The lowest BCUT2D eigenvalue weighted by Gasteiger charge is -2.44. The van der Waals surface area contributed by atoms with Crippen molar-refractivity contribution in [2.24, 2.45) is 0 Å². The number of aliphatic hydroxyl groups is 1. The summed E-state index contributed by atoms with van der Waals surface area (Å²) in [4.78, 5) is 13.9. The van der Waals surface area contributed by atoms with Gasteiger partial charge in [0.25, 0.3) is 0 Å². The maximum Gasteiger partial charge on any atom is 0.223 e. The number of carbonyl (C=O) groups excluding carboxylic acids is 1. The van der Waals surface area contributed by atoms with Crippen LogP contribution in [0.3, 0.4) is 0 Å². The van der Waals surface area contributed by atoms with Crippen molar-refractivity contribution in [1.29, 1.82) is 0 Å². The number of nitrogens with zero attached hydrogens (tertiary/aromatic N) is 1. The van der Waals surface area contributed by atoms with Crippen molar-refractivity contribution in [2.75, 3.05) is 18.8 Å². The van der Waals surface area contributed by atoms with Crippen molar-refractivity contribution < 1.29 is 14.3 Å². The number of hydrogen-bond donors (Lipinski definition) is 1. The molecule has 1 amide bonds. The number of halogens is 1. The van der Waals surface area contributed by atoms with E-state index in [0.29, 0.717) is 30.2 Å². The lowest BCUT2D eigenvalue weighted by Crippen LogP contribution is -2.61. The second-order valence-electron chi connectivity index (χ2n) is 4.78. The van der Waals surface area contributed by atoms with Crippen LogP contribution in [-0.2, 0) is 4.79 Å². The smallest absolute Gasteiger partial charge is 0.223 e. The molecule has 1 aromatic carbocycles. The van der Waals surface area contributed by atoms with Crippen LogP contribution in [0.4, 0.5) is 4.39 Å². The van der Waals surface area contributed by atoms with E-state index in [1.54, 1.807) is 30.0 Å². The zero-order chi connectivity index (χ0) is 13.2. The van der Waals surface area contributed by atoms with E-state index >= 15 is 0 Å². The average Bonchev–Trinajstić information content (AvgIpc) is 2.28. The van der Waals surface area contributed by atoms with Gasteiger partial charge in [0.2, 0.25) is 5.91 Å². The fraction of sp³-hybridized carbons (Fsp3) is 0.462. The minimum absolute atomic E-state index is 0.0189. The average molecular weight is 269 g/mol. The highest BCUT2D eigenvalue weighted by Gasteiger charge is 2.38. The van der Waals surface area contributed by atoms with Crippen molar-refractivity contribution in [2.45, 2.75) is 23.8 Å². The van der Waals surface area contributed by atoms with Crippen LogP contribution in [0.25, 0.3) is 0 Å². The maximum atomic E-state index is 13.3. The number of hydrogen-bond acceptors (Lipinski definition) is 3. The monoisotopic (exact) mass is 269 g/mol. The van der Waals surface area contributed by atoms with E-state index in [9.17, 15) is 14.3 Å². The van der Waals surface area contributed by atoms with Gasteiger partial charge in [-0.15, -0.1) is 11.8 Å². The molecule has 0 saturated carbocycles. The Bertz CT molecular complexity index is 442. The van der Waals surface area contributed by atoms with Crippen LogP contribution in [0.15, 0.2) is 29.2 Å².